The van der Waals surface area contributed by atoms with Gasteiger partial charge < -0.3 is 10.2 Å². The summed E-state index contributed by atoms with van der Waals surface area (Å²) in [7, 11) is 0. The number of benzene rings is 1. The van der Waals surface area contributed by atoms with Crippen LogP contribution in [0, 0.1) is 11.7 Å². The summed E-state index contributed by atoms with van der Waals surface area (Å²) in [5.41, 5.74) is 1.99. The minimum absolute atomic E-state index is 0.0469. The van der Waals surface area contributed by atoms with E-state index in [0.717, 1.165) is 19.3 Å². The quantitative estimate of drug-likeness (QED) is 0.840. The molecule has 0 radical (unpaired) electrons. The lowest BCUT2D eigenvalue weighted by Crippen LogP contribution is -2.29. The molecule has 1 aromatic carbocycles. The van der Waals surface area contributed by atoms with Crippen LogP contribution < -0.4 is 5.32 Å². The van der Waals surface area contributed by atoms with Crippen molar-refractivity contribution in [3.05, 3.63) is 41.7 Å². The van der Waals surface area contributed by atoms with Crippen molar-refractivity contribution in [1.29, 1.82) is 0 Å². The molecule has 0 bridgehead atoms. The second-order valence-electron chi connectivity index (χ2n) is 6.60. The van der Waals surface area contributed by atoms with E-state index in [-0.39, 0.29) is 30.0 Å². The molecule has 0 aromatic heterocycles. The fourth-order valence-corrected chi connectivity index (χ4v) is 3.35. The molecular formula is C19H23FN2O2. The first kappa shape index (κ1) is 16.7. The van der Waals surface area contributed by atoms with Crippen LogP contribution in [0.1, 0.15) is 38.5 Å². The SMILES string of the molecule is O=C(Nc1ccc(F)cc1)C1CC(=O)N(CCC2=CCCCC2)C1. The summed E-state index contributed by atoms with van der Waals surface area (Å²) < 4.78 is 12.9. The minimum atomic E-state index is -0.341. The highest BCUT2D eigenvalue weighted by atomic mass is 19.1. The maximum Gasteiger partial charge on any atom is 0.229 e. The fraction of sp³-hybridized carbons (Fsp3) is 0.474. The third kappa shape index (κ3) is 4.22. The van der Waals surface area contributed by atoms with E-state index >= 15 is 0 Å². The van der Waals surface area contributed by atoms with Crippen LogP contribution in [0.25, 0.3) is 0 Å². The molecule has 5 heteroatoms. The van der Waals surface area contributed by atoms with Gasteiger partial charge in [0.1, 0.15) is 5.82 Å². The van der Waals surface area contributed by atoms with Crippen molar-refractivity contribution in [1.82, 2.24) is 4.90 Å². The highest BCUT2D eigenvalue weighted by Gasteiger charge is 2.34. The molecular weight excluding hydrogens is 307 g/mol. The summed E-state index contributed by atoms with van der Waals surface area (Å²) in [5.74, 6) is -0.796. The molecule has 0 saturated carbocycles. The second kappa shape index (κ2) is 7.60. The Hall–Kier alpha value is -2.17. The van der Waals surface area contributed by atoms with E-state index < -0.39 is 0 Å². The lowest BCUT2D eigenvalue weighted by atomic mass is 9.97. The zero-order chi connectivity index (χ0) is 16.9. The number of hydrogen-bond acceptors (Lipinski definition) is 2. The number of nitrogens with one attached hydrogen (secondary N) is 1. The van der Waals surface area contributed by atoms with Gasteiger partial charge in [-0.1, -0.05) is 11.6 Å². The fourth-order valence-electron chi connectivity index (χ4n) is 3.35. The smallest absolute Gasteiger partial charge is 0.229 e. The topological polar surface area (TPSA) is 49.4 Å². The van der Waals surface area contributed by atoms with E-state index in [1.807, 2.05) is 0 Å². The van der Waals surface area contributed by atoms with Crippen molar-refractivity contribution in [3.8, 4) is 0 Å². The Morgan fingerprint density at radius 3 is 2.75 bits per heavy atom. The molecule has 1 unspecified atom stereocenters. The molecule has 24 heavy (non-hydrogen) atoms. The number of hydrogen-bond donors (Lipinski definition) is 1. The first-order chi connectivity index (χ1) is 11.6. The van der Waals surface area contributed by atoms with E-state index in [1.54, 1.807) is 4.90 Å². The highest BCUT2D eigenvalue weighted by Crippen LogP contribution is 2.24. The molecule has 3 rings (SSSR count). The van der Waals surface area contributed by atoms with Gasteiger partial charge in [0.15, 0.2) is 0 Å². The van der Waals surface area contributed by atoms with Crippen molar-refractivity contribution in [2.45, 2.75) is 38.5 Å². The summed E-state index contributed by atoms with van der Waals surface area (Å²) in [4.78, 5) is 26.2. The molecule has 128 valence electrons. The normalized spacial score (nSPS) is 20.9. The summed E-state index contributed by atoms with van der Waals surface area (Å²) in [6, 6.07) is 5.66. The first-order valence-corrected chi connectivity index (χ1v) is 8.64. The number of likely N-dealkylation sites (tertiary alicyclic amines) is 1. The molecule has 1 aliphatic carbocycles. The lowest BCUT2D eigenvalue weighted by Gasteiger charge is -2.19. The number of nitrogens with zero attached hydrogens (tertiary/aromatic N) is 1. The monoisotopic (exact) mass is 330 g/mol. The van der Waals surface area contributed by atoms with Gasteiger partial charge in [-0.15, -0.1) is 0 Å². The second-order valence-corrected chi connectivity index (χ2v) is 6.60. The van der Waals surface area contributed by atoms with Crippen LogP contribution in [0.4, 0.5) is 10.1 Å². The highest BCUT2D eigenvalue weighted by molar-refractivity contribution is 5.97. The molecule has 0 spiro atoms. The van der Waals surface area contributed by atoms with E-state index in [2.05, 4.69) is 11.4 Å². The van der Waals surface area contributed by atoms with Gasteiger partial charge in [-0.3, -0.25) is 9.59 Å². The van der Waals surface area contributed by atoms with E-state index in [9.17, 15) is 14.0 Å². The lowest BCUT2D eigenvalue weighted by molar-refractivity contribution is -0.128. The van der Waals surface area contributed by atoms with E-state index in [4.69, 9.17) is 0 Å². The van der Waals surface area contributed by atoms with Gasteiger partial charge in [0.05, 0.1) is 5.92 Å². The molecule has 2 amide bonds. The average molecular weight is 330 g/mol. The molecule has 1 saturated heterocycles. The maximum atomic E-state index is 12.9. The van der Waals surface area contributed by atoms with Crippen LogP contribution in [0.2, 0.25) is 0 Å². The molecule has 1 N–H and O–H groups in total. The number of carbonyl (C=O) groups is 2. The van der Waals surface area contributed by atoms with Crippen LogP contribution in [0.15, 0.2) is 35.9 Å². The summed E-state index contributed by atoms with van der Waals surface area (Å²) >= 11 is 0. The maximum absolute atomic E-state index is 12.9. The number of halogens is 1. The molecule has 1 atom stereocenters. The van der Waals surface area contributed by atoms with Gasteiger partial charge in [0, 0.05) is 25.2 Å². The average Bonchev–Trinajstić information content (AvgIpc) is 2.97. The molecule has 1 aliphatic heterocycles. The first-order valence-electron chi connectivity index (χ1n) is 8.64. The Morgan fingerprint density at radius 2 is 2.04 bits per heavy atom. The van der Waals surface area contributed by atoms with Gasteiger partial charge in [0.25, 0.3) is 0 Å². The number of anilines is 1. The van der Waals surface area contributed by atoms with Gasteiger partial charge in [-0.05, 0) is 56.4 Å². The van der Waals surface area contributed by atoms with Crippen LogP contribution in [0.3, 0.4) is 0 Å². The number of rotatable bonds is 5. The van der Waals surface area contributed by atoms with Crippen molar-refractivity contribution < 1.29 is 14.0 Å². The number of amides is 2. The molecule has 4 nitrogen and oxygen atoms in total. The van der Waals surface area contributed by atoms with Crippen molar-refractivity contribution in [2.75, 3.05) is 18.4 Å². The Morgan fingerprint density at radius 1 is 1.25 bits per heavy atom. The van der Waals surface area contributed by atoms with Crippen molar-refractivity contribution in [2.24, 2.45) is 5.92 Å². The Kier molecular flexibility index (Phi) is 5.28. The van der Waals surface area contributed by atoms with Gasteiger partial charge in [-0.2, -0.15) is 0 Å². The van der Waals surface area contributed by atoms with Gasteiger partial charge in [0.2, 0.25) is 11.8 Å². The third-order valence-electron chi connectivity index (χ3n) is 4.78. The Labute approximate surface area is 141 Å². The number of allylic oxidation sites excluding steroid dienone is 1. The zero-order valence-corrected chi connectivity index (χ0v) is 13.8. The van der Waals surface area contributed by atoms with E-state index in [1.165, 1.54) is 42.7 Å². The van der Waals surface area contributed by atoms with Crippen LogP contribution in [0.5, 0.6) is 0 Å². The zero-order valence-electron chi connectivity index (χ0n) is 13.8. The van der Waals surface area contributed by atoms with Gasteiger partial charge in [-0.25, -0.2) is 4.39 Å². The van der Waals surface area contributed by atoms with Crippen molar-refractivity contribution >= 4 is 17.5 Å². The molecule has 1 fully saturated rings. The van der Waals surface area contributed by atoms with Crippen LogP contribution >= 0.6 is 0 Å². The summed E-state index contributed by atoms with van der Waals surface area (Å²) in [5, 5.41) is 2.76. The van der Waals surface area contributed by atoms with Crippen molar-refractivity contribution in [3.63, 3.8) is 0 Å². The molecule has 2 aliphatic rings. The van der Waals surface area contributed by atoms with E-state index in [0.29, 0.717) is 18.8 Å². The predicted molar refractivity (Wildman–Crippen MR) is 90.9 cm³/mol. The largest absolute Gasteiger partial charge is 0.342 e. The van der Waals surface area contributed by atoms with Crippen LogP contribution in [-0.4, -0.2) is 29.8 Å². The summed E-state index contributed by atoms with van der Waals surface area (Å²) in [6.45, 7) is 1.17. The predicted octanol–water partition coefficient (Wildman–Crippen LogP) is 3.50. The number of carbonyl (C=O) groups excluding carboxylic acids is 2. The standard InChI is InChI=1S/C19H23FN2O2/c20-16-6-8-17(9-7-16)21-19(24)15-12-18(23)22(13-15)11-10-14-4-2-1-3-5-14/h4,6-9,15H,1-3,5,10-13H2,(H,21,24). The molecule has 1 heterocycles. The molecule has 1 aromatic rings. The van der Waals surface area contributed by atoms with Crippen LogP contribution in [-0.2, 0) is 9.59 Å². The van der Waals surface area contributed by atoms with Gasteiger partial charge >= 0.3 is 0 Å². The minimum Gasteiger partial charge on any atom is -0.342 e. The summed E-state index contributed by atoms with van der Waals surface area (Å²) in [6.07, 6.45) is 8.25. The Balaban J connectivity index is 1.50. The Bertz CT molecular complexity index is 639. The third-order valence-corrected chi connectivity index (χ3v) is 4.78.